The van der Waals surface area contributed by atoms with Crippen molar-refractivity contribution < 1.29 is 9.84 Å². The van der Waals surface area contributed by atoms with Gasteiger partial charge in [0.05, 0.1) is 13.2 Å². The quantitative estimate of drug-likeness (QED) is 0.913. The van der Waals surface area contributed by atoms with E-state index in [0.717, 1.165) is 16.9 Å². The number of benzene rings is 2. The number of aliphatic hydroxyl groups is 1. The van der Waals surface area contributed by atoms with Crippen molar-refractivity contribution in [2.24, 2.45) is 0 Å². The number of rotatable bonds is 4. The molecule has 2 nitrogen and oxygen atoms in total. The maximum Gasteiger partial charge on any atom is 0.124 e. The van der Waals surface area contributed by atoms with Gasteiger partial charge in [0.15, 0.2) is 0 Å². The summed E-state index contributed by atoms with van der Waals surface area (Å²) in [5.41, 5.74) is 5.59. The Morgan fingerprint density at radius 2 is 1.65 bits per heavy atom. The molecule has 0 fully saturated rings. The van der Waals surface area contributed by atoms with E-state index in [0.29, 0.717) is 6.42 Å². The number of methoxy groups -OCH3 is 1. The fourth-order valence-corrected chi connectivity index (χ4v) is 2.45. The molecule has 0 aliphatic heterocycles. The molecule has 0 spiro atoms. The lowest BCUT2D eigenvalue weighted by Gasteiger charge is -2.17. The highest BCUT2D eigenvalue weighted by Gasteiger charge is 2.15. The van der Waals surface area contributed by atoms with Crippen molar-refractivity contribution in [2.75, 3.05) is 7.11 Å². The minimum Gasteiger partial charge on any atom is -0.496 e. The van der Waals surface area contributed by atoms with E-state index in [1.54, 1.807) is 7.11 Å². The summed E-state index contributed by atoms with van der Waals surface area (Å²) in [7, 11) is 1.64. The first-order chi connectivity index (χ1) is 9.51. The molecular formula is C18H22O2. The second kappa shape index (κ2) is 6.10. The van der Waals surface area contributed by atoms with E-state index in [9.17, 15) is 5.11 Å². The molecule has 0 bridgehead atoms. The molecule has 2 aromatic carbocycles. The lowest BCUT2D eigenvalue weighted by atomic mass is 9.95. The fraction of sp³-hybridized carbons (Fsp3) is 0.333. The first-order valence-corrected chi connectivity index (χ1v) is 6.90. The van der Waals surface area contributed by atoms with E-state index in [1.807, 2.05) is 25.1 Å². The van der Waals surface area contributed by atoms with Crippen LogP contribution in [0.25, 0.3) is 0 Å². The molecule has 2 heteroatoms. The van der Waals surface area contributed by atoms with Crippen molar-refractivity contribution in [3.63, 3.8) is 0 Å². The maximum absolute atomic E-state index is 10.5. The van der Waals surface area contributed by atoms with E-state index in [2.05, 4.69) is 32.0 Å². The van der Waals surface area contributed by atoms with E-state index in [-0.39, 0.29) is 0 Å². The molecule has 106 valence electrons. The number of ether oxygens (including phenoxy) is 1. The molecule has 1 unspecified atom stereocenters. The molecule has 0 saturated heterocycles. The van der Waals surface area contributed by atoms with Gasteiger partial charge >= 0.3 is 0 Å². The average Bonchev–Trinajstić information content (AvgIpc) is 2.42. The van der Waals surface area contributed by atoms with Crippen molar-refractivity contribution >= 4 is 0 Å². The van der Waals surface area contributed by atoms with Gasteiger partial charge in [-0.1, -0.05) is 35.4 Å². The summed E-state index contributed by atoms with van der Waals surface area (Å²) >= 11 is 0. The standard InChI is InChI=1S/C18H22O2/c1-12-5-7-14(3)15(9-12)11-17(19)16-10-13(2)6-8-18(16)20-4/h5-10,17,19H,11H2,1-4H3. The maximum atomic E-state index is 10.5. The Labute approximate surface area is 121 Å². The minimum absolute atomic E-state index is 0.551. The molecule has 2 rings (SSSR count). The molecule has 1 atom stereocenters. The van der Waals surface area contributed by atoms with Crippen LogP contribution in [0.2, 0.25) is 0 Å². The molecule has 0 heterocycles. The van der Waals surface area contributed by atoms with E-state index < -0.39 is 6.10 Å². The van der Waals surface area contributed by atoms with Crippen LogP contribution >= 0.6 is 0 Å². The van der Waals surface area contributed by atoms with Gasteiger partial charge in [-0.15, -0.1) is 0 Å². The zero-order chi connectivity index (χ0) is 14.7. The van der Waals surface area contributed by atoms with Gasteiger partial charge in [-0.2, -0.15) is 0 Å². The molecule has 1 N–H and O–H groups in total. The predicted molar refractivity (Wildman–Crippen MR) is 82.3 cm³/mol. The molecule has 2 aromatic rings. The SMILES string of the molecule is COc1ccc(C)cc1C(O)Cc1cc(C)ccc1C. The Hall–Kier alpha value is -1.80. The summed E-state index contributed by atoms with van der Waals surface area (Å²) in [6, 6.07) is 12.2. The number of aliphatic hydroxyl groups excluding tert-OH is 1. The van der Waals surface area contributed by atoms with Crippen molar-refractivity contribution in [1.82, 2.24) is 0 Å². The second-order valence-electron chi connectivity index (χ2n) is 5.40. The van der Waals surface area contributed by atoms with Crippen LogP contribution in [0.4, 0.5) is 0 Å². The van der Waals surface area contributed by atoms with Crippen LogP contribution in [0.1, 0.15) is 33.9 Å². The summed E-state index contributed by atoms with van der Waals surface area (Å²) in [5.74, 6) is 0.744. The number of aryl methyl sites for hydroxylation is 3. The monoisotopic (exact) mass is 270 g/mol. The first-order valence-electron chi connectivity index (χ1n) is 6.90. The molecular weight excluding hydrogens is 248 g/mol. The van der Waals surface area contributed by atoms with Gasteiger partial charge in [-0.25, -0.2) is 0 Å². The number of hydrogen-bond acceptors (Lipinski definition) is 2. The van der Waals surface area contributed by atoms with Crippen molar-refractivity contribution in [3.05, 3.63) is 64.2 Å². The summed E-state index contributed by atoms with van der Waals surface area (Å²) in [6.07, 6.45) is 0.0539. The highest BCUT2D eigenvalue weighted by atomic mass is 16.5. The first kappa shape index (κ1) is 14.6. The Morgan fingerprint density at radius 1 is 1.00 bits per heavy atom. The Kier molecular flexibility index (Phi) is 4.46. The van der Waals surface area contributed by atoms with Crippen molar-refractivity contribution in [3.8, 4) is 5.75 Å². The highest BCUT2D eigenvalue weighted by molar-refractivity contribution is 5.40. The van der Waals surface area contributed by atoms with Gasteiger partial charge in [-0.05, 0) is 44.0 Å². The molecule has 0 saturated carbocycles. The normalized spacial score (nSPS) is 12.2. The molecule has 0 aliphatic rings. The lowest BCUT2D eigenvalue weighted by molar-refractivity contribution is 0.173. The van der Waals surface area contributed by atoms with Crippen LogP contribution < -0.4 is 4.74 Å². The predicted octanol–water partition coefficient (Wildman–Crippen LogP) is 3.90. The van der Waals surface area contributed by atoms with Crippen LogP contribution in [0.3, 0.4) is 0 Å². The van der Waals surface area contributed by atoms with Crippen LogP contribution in [0, 0.1) is 20.8 Å². The molecule has 20 heavy (non-hydrogen) atoms. The Bertz CT molecular complexity index is 602. The molecule has 0 aromatic heterocycles. The van der Waals surface area contributed by atoms with Crippen LogP contribution in [-0.4, -0.2) is 12.2 Å². The average molecular weight is 270 g/mol. The van der Waals surface area contributed by atoms with E-state index >= 15 is 0 Å². The fourth-order valence-electron chi connectivity index (χ4n) is 2.45. The highest BCUT2D eigenvalue weighted by Crippen LogP contribution is 2.29. The lowest BCUT2D eigenvalue weighted by Crippen LogP contribution is -2.06. The van der Waals surface area contributed by atoms with E-state index in [4.69, 9.17) is 4.74 Å². The minimum atomic E-state index is -0.551. The largest absolute Gasteiger partial charge is 0.496 e. The summed E-state index contributed by atoms with van der Waals surface area (Å²) in [6.45, 7) is 6.17. The summed E-state index contributed by atoms with van der Waals surface area (Å²) in [5, 5.41) is 10.5. The van der Waals surface area contributed by atoms with Gasteiger partial charge in [-0.3, -0.25) is 0 Å². The second-order valence-corrected chi connectivity index (χ2v) is 5.40. The van der Waals surface area contributed by atoms with Gasteiger partial charge in [0.2, 0.25) is 0 Å². The van der Waals surface area contributed by atoms with Gasteiger partial charge in [0.1, 0.15) is 5.75 Å². The summed E-state index contributed by atoms with van der Waals surface area (Å²) in [4.78, 5) is 0. The van der Waals surface area contributed by atoms with Gasteiger partial charge < -0.3 is 9.84 Å². The smallest absolute Gasteiger partial charge is 0.124 e. The van der Waals surface area contributed by atoms with Gasteiger partial charge in [0, 0.05) is 12.0 Å². The van der Waals surface area contributed by atoms with Crippen molar-refractivity contribution in [2.45, 2.75) is 33.3 Å². The third kappa shape index (κ3) is 3.20. The third-order valence-electron chi connectivity index (χ3n) is 3.66. The van der Waals surface area contributed by atoms with E-state index in [1.165, 1.54) is 16.7 Å². The van der Waals surface area contributed by atoms with Crippen LogP contribution in [0.15, 0.2) is 36.4 Å². The molecule has 0 aliphatic carbocycles. The molecule has 0 amide bonds. The van der Waals surface area contributed by atoms with Gasteiger partial charge in [0.25, 0.3) is 0 Å². The third-order valence-corrected chi connectivity index (χ3v) is 3.66. The molecule has 0 radical (unpaired) electrons. The van der Waals surface area contributed by atoms with Crippen LogP contribution in [-0.2, 0) is 6.42 Å². The Balaban J connectivity index is 2.30. The zero-order valence-electron chi connectivity index (χ0n) is 12.6. The zero-order valence-corrected chi connectivity index (χ0v) is 12.6. The Morgan fingerprint density at radius 3 is 2.35 bits per heavy atom. The van der Waals surface area contributed by atoms with Crippen LogP contribution in [0.5, 0.6) is 5.75 Å². The summed E-state index contributed by atoms with van der Waals surface area (Å²) < 4.78 is 5.35. The van der Waals surface area contributed by atoms with Crippen molar-refractivity contribution in [1.29, 1.82) is 0 Å². The number of hydrogen-bond donors (Lipinski definition) is 1. The topological polar surface area (TPSA) is 29.5 Å².